The third kappa shape index (κ3) is 4.47. The maximum absolute atomic E-state index is 2.45. The summed E-state index contributed by atoms with van der Waals surface area (Å²) in [5.41, 5.74) is 13.6. The van der Waals surface area contributed by atoms with E-state index in [0.29, 0.717) is 0 Å². The predicted molar refractivity (Wildman–Crippen MR) is 205 cm³/mol. The Labute approximate surface area is 282 Å². The van der Waals surface area contributed by atoms with Gasteiger partial charge in [0.15, 0.2) is 0 Å². The lowest BCUT2D eigenvalue weighted by atomic mass is 9.82. The van der Waals surface area contributed by atoms with Crippen LogP contribution < -0.4 is 4.90 Å². The number of hydrogen-bond acceptors (Lipinski definition) is 1. The second-order valence-electron chi connectivity index (χ2n) is 13.4. The Balaban J connectivity index is 1.26. The second kappa shape index (κ2) is 11.1. The number of rotatable bonds is 5. The standard InChI is InChI=1S/C47H35N/c1-47(2)44-21-10-8-17-41(44)42-30-28-36(31-45(42)47)48(35-26-23-33(24-27-35)32-13-4-3-5-14-32)46-22-11-9-18-43(46)39-20-12-19-38-37-16-7-6-15-34(37)25-29-40(38)39/h3-31H,1-2H3. The van der Waals surface area contributed by atoms with Crippen LogP contribution in [0.2, 0.25) is 0 Å². The monoisotopic (exact) mass is 613 g/mol. The van der Waals surface area contributed by atoms with Gasteiger partial charge in [0.1, 0.15) is 0 Å². The van der Waals surface area contributed by atoms with E-state index in [-0.39, 0.29) is 5.41 Å². The van der Waals surface area contributed by atoms with Crippen molar-refractivity contribution in [2.24, 2.45) is 0 Å². The van der Waals surface area contributed by atoms with Crippen molar-refractivity contribution in [3.05, 3.63) is 187 Å². The second-order valence-corrected chi connectivity index (χ2v) is 13.4. The molecule has 228 valence electrons. The van der Waals surface area contributed by atoms with Gasteiger partial charge in [0.2, 0.25) is 0 Å². The molecule has 0 saturated carbocycles. The number of para-hydroxylation sites is 1. The normalized spacial score (nSPS) is 13.0. The average molecular weight is 614 g/mol. The summed E-state index contributed by atoms with van der Waals surface area (Å²) in [7, 11) is 0. The number of anilines is 3. The fourth-order valence-electron chi connectivity index (χ4n) is 7.86. The van der Waals surface area contributed by atoms with Crippen molar-refractivity contribution in [3.8, 4) is 33.4 Å². The minimum atomic E-state index is -0.0963. The zero-order valence-corrected chi connectivity index (χ0v) is 27.2. The fourth-order valence-corrected chi connectivity index (χ4v) is 7.86. The van der Waals surface area contributed by atoms with E-state index in [4.69, 9.17) is 0 Å². The lowest BCUT2D eigenvalue weighted by Crippen LogP contribution is -2.16. The molecule has 0 bridgehead atoms. The Morgan fingerprint density at radius 2 is 1.00 bits per heavy atom. The summed E-state index contributed by atoms with van der Waals surface area (Å²) in [6.07, 6.45) is 0. The Bertz CT molecular complexity index is 2470. The highest BCUT2D eigenvalue weighted by molar-refractivity contribution is 6.13. The van der Waals surface area contributed by atoms with Crippen LogP contribution in [-0.4, -0.2) is 0 Å². The molecule has 0 radical (unpaired) electrons. The summed E-state index contributed by atoms with van der Waals surface area (Å²) in [6, 6.07) is 64.4. The van der Waals surface area contributed by atoms with E-state index in [0.717, 1.165) is 17.1 Å². The molecule has 0 atom stereocenters. The van der Waals surface area contributed by atoms with Gasteiger partial charge in [-0.2, -0.15) is 0 Å². The highest BCUT2D eigenvalue weighted by atomic mass is 15.1. The molecule has 1 nitrogen and oxygen atoms in total. The molecule has 1 aliphatic rings. The van der Waals surface area contributed by atoms with Gasteiger partial charge in [0.05, 0.1) is 5.69 Å². The van der Waals surface area contributed by atoms with Crippen LogP contribution in [0.3, 0.4) is 0 Å². The van der Waals surface area contributed by atoms with E-state index >= 15 is 0 Å². The zero-order chi connectivity index (χ0) is 32.2. The molecule has 48 heavy (non-hydrogen) atoms. The number of benzene rings is 8. The van der Waals surface area contributed by atoms with Gasteiger partial charge in [-0.1, -0.05) is 159 Å². The molecule has 0 fully saturated rings. The maximum Gasteiger partial charge on any atom is 0.0540 e. The van der Waals surface area contributed by atoms with Crippen LogP contribution in [0.4, 0.5) is 17.1 Å². The molecule has 1 aliphatic carbocycles. The Morgan fingerprint density at radius 1 is 0.375 bits per heavy atom. The highest BCUT2D eigenvalue weighted by Gasteiger charge is 2.35. The van der Waals surface area contributed by atoms with Crippen LogP contribution >= 0.6 is 0 Å². The van der Waals surface area contributed by atoms with Crippen LogP contribution in [-0.2, 0) is 5.41 Å². The summed E-state index contributed by atoms with van der Waals surface area (Å²) in [4.78, 5) is 2.45. The smallest absolute Gasteiger partial charge is 0.0540 e. The van der Waals surface area contributed by atoms with Crippen molar-refractivity contribution in [2.45, 2.75) is 19.3 Å². The van der Waals surface area contributed by atoms with E-state index in [9.17, 15) is 0 Å². The van der Waals surface area contributed by atoms with Gasteiger partial charge in [-0.15, -0.1) is 0 Å². The van der Waals surface area contributed by atoms with Crippen molar-refractivity contribution >= 4 is 38.6 Å². The first-order valence-corrected chi connectivity index (χ1v) is 16.8. The molecule has 8 aromatic rings. The molecule has 0 heterocycles. The summed E-state index contributed by atoms with van der Waals surface area (Å²) < 4.78 is 0. The molecule has 9 rings (SSSR count). The van der Waals surface area contributed by atoms with Crippen molar-refractivity contribution in [2.75, 3.05) is 4.90 Å². The predicted octanol–water partition coefficient (Wildman–Crippen LogP) is 13.1. The Morgan fingerprint density at radius 3 is 1.85 bits per heavy atom. The van der Waals surface area contributed by atoms with Crippen molar-refractivity contribution in [1.82, 2.24) is 0 Å². The largest absolute Gasteiger partial charge is 0.310 e. The third-order valence-electron chi connectivity index (χ3n) is 10.3. The summed E-state index contributed by atoms with van der Waals surface area (Å²) in [6.45, 7) is 4.71. The van der Waals surface area contributed by atoms with Gasteiger partial charge < -0.3 is 4.90 Å². The highest BCUT2D eigenvalue weighted by Crippen LogP contribution is 2.51. The Hall–Kier alpha value is -5.92. The molecular weight excluding hydrogens is 579 g/mol. The van der Waals surface area contributed by atoms with Crippen molar-refractivity contribution in [1.29, 1.82) is 0 Å². The lowest BCUT2D eigenvalue weighted by Gasteiger charge is -2.30. The van der Waals surface area contributed by atoms with Gasteiger partial charge >= 0.3 is 0 Å². The SMILES string of the molecule is CC1(C)c2ccccc2-c2ccc(N(c3ccc(-c4ccccc4)cc3)c3ccccc3-c3cccc4c3ccc3ccccc34)cc21. The molecule has 0 aliphatic heterocycles. The van der Waals surface area contributed by atoms with Crippen LogP contribution in [0.5, 0.6) is 0 Å². The minimum absolute atomic E-state index is 0.0963. The molecule has 0 amide bonds. The van der Waals surface area contributed by atoms with E-state index in [1.54, 1.807) is 0 Å². The van der Waals surface area contributed by atoms with Crippen molar-refractivity contribution < 1.29 is 0 Å². The maximum atomic E-state index is 2.45. The van der Waals surface area contributed by atoms with E-state index in [2.05, 4.69) is 195 Å². The van der Waals surface area contributed by atoms with Crippen LogP contribution in [0, 0.1) is 0 Å². The van der Waals surface area contributed by atoms with Crippen LogP contribution in [0.25, 0.3) is 54.9 Å². The first-order chi connectivity index (χ1) is 23.6. The molecular formula is C47H35N. The average Bonchev–Trinajstić information content (AvgIpc) is 3.38. The molecule has 0 unspecified atom stereocenters. The van der Waals surface area contributed by atoms with Gasteiger partial charge in [-0.3, -0.25) is 0 Å². The van der Waals surface area contributed by atoms with Gasteiger partial charge in [0.25, 0.3) is 0 Å². The lowest BCUT2D eigenvalue weighted by molar-refractivity contribution is 0.660. The summed E-state index contributed by atoms with van der Waals surface area (Å²) in [5.74, 6) is 0. The van der Waals surface area contributed by atoms with Gasteiger partial charge in [-0.25, -0.2) is 0 Å². The third-order valence-corrected chi connectivity index (χ3v) is 10.3. The van der Waals surface area contributed by atoms with E-state index < -0.39 is 0 Å². The molecule has 0 saturated heterocycles. The molecule has 0 spiro atoms. The van der Waals surface area contributed by atoms with Gasteiger partial charge in [-0.05, 0) is 90.8 Å². The first kappa shape index (κ1) is 28.3. The summed E-state index contributed by atoms with van der Waals surface area (Å²) >= 11 is 0. The summed E-state index contributed by atoms with van der Waals surface area (Å²) in [5, 5.41) is 5.07. The molecule has 0 N–H and O–H groups in total. The quantitative estimate of drug-likeness (QED) is 0.175. The fraction of sp³-hybridized carbons (Fsp3) is 0.0638. The molecule has 8 aromatic carbocycles. The van der Waals surface area contributed by atoms with Crippen LogP contribution in [0.1, 0.15) is 25.0 Å². The Kier molecular flexibility index (Phi) is 6.55. The van der Waals surface area contributed by atoms with E-state index in [1.807, 2.05) is 0 Å². The topological polar surface area (TPSA) is 3.24 Å². The van der Waals surface area contributed by atoms with Gasteiger partial charge in [0, 0.05) is 22.4 Å². The first-order valence-electron chi connectivity index (χ1n) is 16.8. The molecule has 0 aromatic heterocycles. The van der Waals surface area contributed by atoms with E-state index in [1.165, 1.54) is 66.1 Å². The van der Waals surface area contributed by atoms with Crippen LogP contribution in [0.15, 0.2) is 176 Å². The molecule has 1 heteroatoms. The van der Waals surface area contributed by atoms with Crippen molar-refractivity contribution in [3.63, 3.8) is 0 Å². The number of hydrogen-bond donors (Lipinski definition) is 0. The number of nitrogens with zero attached hydrogens (tertiary/aromatic N) is 1. The minimum Gasteiger partial charge on any atom is -0.310 e. The number of fused-ring (bicyclic) bond motifs is 6. The zero-order valence-electron chi connectivity index (χ0n) is 27.2.